The molecular formula is C17H16N4O2. The van der Waals surface area contributed by atoms with Gasteiger partial charge in [-0.1, -0.05) is 25.1 Å². The van der Waals surface area contributed by atoms with Crippen molar-refractivity contribution in [3.8, 4) is 11.8 Å². The van der Waals surface area contributed by atoms with Gasteiger partial charge in [0.25, 0.3) is 5.91 Å². The maximum Gasteiger partial charge on any atom is 0.269 e. The van der Waals surface area contributed by atoms with Gasteiger partial charge in [0.15, 0.2) is 17.7 Å². The van der Waals surface area contributed by atoms with Crippen LogP contribution in [0.5, 0.6) is 5.75 Å². The normalized spacial score (nSPS) is 16.4. The summed E-state index contributed by atoms with van der Waals surface area (Å²) in [5.41, 5.74) is 7.04. The Kier molecular flexibility index (Phi) is 3.85. The van der Waals surface area contributed by atoms with Crippen molar-refractivity contribution in [2.45, 2.75) is 26.0 Å². The van der Waals surface area contributed by atoms with Crippen LogP contribution in [0, 0.1) is 11.3 Å². The minimum atomic E-state index is -0.554. The van der Waals surface area contributed by atoms with E-state index in [9.17, 15) is 10.1 Å². The fraction of sp³-hybridized carbons (Fsp3) is 0.235. The van der Waals surface area contributed by atoms with Gasteiger partial charge < -0.3 is 10.5 Å². The Bertz CT molecular complexity index is 797. The third-order valence-corrected chi connectivity index (χ3v) is 3.76. The first-order valence-electron chi connectivity index (χ1n) is 7.36. The highest BCUT2D eigenvalue weighted by Gasteiger charge is 2.34. The first-order valence-corrected chi connectivity index (χ1v) is 7.36. The summed E-state index contributed by atoms with van der Waals surface area (Å²) in [4.78, 5) is 18.5. The van der Waals surface area contributed by atoms with Gasteiger partial charge >= 0.3 is 0 Å². The lowest BCUT2D eigenvalue weighted by molar-refractivity contribution is -0.126. The maximum absolute atomic E-state index is 12.7. The standard InChI is InChI=1S/C17H16N4O2/c1-2-13-17(22)21(10-12-6-4-3-5-11(12)9-18)16-14(23-13)7-8-15(19)20-16/h3-8,13H,2,10H2,1H3,(H2,19,20). The molecule has 1 aliphatic heterocycles. The Morgan fingerprint density at radius 3 is 2.87 bits per heavy atom. The topological polar surface area (TPSA) is 92.2 Å². The van der Waals surface area contributed by atoms with E-state index in [2.05, 4.69) is 11.1 Å². The molecule has 1 atom stereocenters. The molecule has 0 bridgehead atoms. The van der Waals surface area contributed by atoms with E-state index in [-0.39, 0.29) is 12.5 Å². The van der Waals surface area contributed by atoms with Crippen molar-refractivity contribution >= 4 is 17.5 Å². The molecule has 1 unspecified atom stereocenters. The van der Waals surface area contributed by atoms with Crippen molar-refractivity contribution in [1.29, 1.82) is 5.26 Å². The molecule has 0 saturated carbocycles. The fourth-order valence-electron chi connectivity index (χ4n) is 2.57. The average molecular weight is 308 g/mol. The van der Waals surface area contributed by atoms with Crippen LogP contribution in [0.2, 0.25) is 0 Å². The summed E-state index contributed by atoms with van der Waals surface area (Å²) in [6, 6.07) is 12.7. The molecule has 2 N–H and O–H groups in total. The summed E-state index contributed by atoms with van der Waals surface area (Å²) in [5, 5.41) is 9.24. The SMILES string of the molecule is CCC1Oc2ccc(N)nc2N(Cc2ccccc2C#N)C1=O. The molecule has 0 radical (unpaired) electrons. The van der Waals surface area contributed by atoms with Gasteiger partial charge in [-0.05, 0) is 30.2 Å². The van der Waals surface area contributed by atoms with E-state index in [1.165, 1.54) is 0 Å². The predicted octanol–water partition coefficient (Wildman–Crippen LogP) is 2.24. The number of nitrogens with zero attached hydrogens (tertiary/aromatic N) is 3. The fourth-order valence-corrected chi connectivity index (χ4v) is 2.57. The second kappa shape index (κ2) is 5.97. The molecule has 23 heavy (non-hydrogen) atoms. The van der Waals surface area contributed by atoms with E-state index < -0.39 is 6.10 Å². The molecule has 2 heterocycles. The molecule has 0 spiro atoms. The number of nitrogens with two attached hydrogens (primary N) is 1. The van der Waals surface area contributed by atoms with Gasteiger partial charge in [-0.15, -0.1) is 0 Å². The molecule has 1 aromatic carbocycles. The van der Waals surface area contributed by atoms with Crippen LogP contribution in [0.15, 0.2) is 36.4 Å². The quantitative estimate of drug-likeness (QED) is 0.938. The van der Waals surface area contributed by atoms with E-state index in [1.807, 2.05) is 19.1 Å². The number of anilines is 2. The van der Waals surface area contributed by atoms with Crippen LogP contribution in [-0.4, -0.2) is 17.0 Å². The number of aromatic nitrogens is 1. The molecule has 6 nitrogen and oxygen atoms in total. The summed E-state index contributed by atoms with van der Waals surface area (Å²) in [6.45, 7) is 2.14. The molecule has 1 aliphatic rings. The molecule has 0 aliphatic carbocycles. The molecule has 116 valence electrons. The average Bonchev–Trinajstić information content (AvgIpc) is 2.57. The number of hydrogen-bond donors (Lipinski definition) is 1. The third kappa shape index (κ3) is 2.69. The summed E-state index contributed by atoms with van der Waals surface area (Å²) in [5.74, 6) is 1.06. The molecule has 0 fully saturated rings. The van der Waals surface area contributed by atoms with E-state index in [0.29, 0.717) is 29.4 Å². The third-order valence-electron chi connectivity index (χ3n) is 3.76. The number of fused-ring (bicyclic) bond motifs is 1. The van der Waals surface area contributed by atoms with Crippen LogP contribution in [-0.2, 0) is 11.3 Å². The van der Waals surface area contributed by atoms with E-state index in [0.717, 1.165) is 5.56 Å². The highest BCUT2D eigenvalue weighted by atomic mass is 16.5. The van der Waals surface area contributed by atoms with Crippen molar-refractivity contribution in [1.82, 2.24) is 4.98 Å². The molecular weight excluding hydrogens is 292 g/mol. The molecule has 1 amide bonds. The zero-order chi connectivity index (χ0) is 16.4. The first-order chi connectivity index (χ1) is 11.1. The van der Waals surface area contributed by atoms with Crippen LogP contribution >= 0.6 is 0 Å². The molecule has 1 aromatic heterocycles. The molecule has 2 aromatic rings. The summed E-state index contributed by atoms with van der Waals surface area (Å²) >= 11 is 0. The van der Waals surface area contributed by atoms with Crippen LogP contribution in [0.3, 0.4) is 0 Å². The van der Waals surface area contributed by atoms with Crippen molar-refractivity contribution in [3.63, 3.8) is 0 Å². The van der Waals surface area contributed by atoms with Gasteiger partial charge in [-0.2, -0.15) is 5.26 Å². The number of benzene rings is 1. The van der Waals surface area contributed by atoms with Gasteiger partial charge in [0.2, 0.25) is 0 Å². The number of rotatable bonds is 3. The van der Waals surface area contributed by atoms with Crippen LogP contribution in [0.25, 0.3) is 0 Å². The van der Waals surface area contributed by atoms with Crippen molar-refractivity contribution < 1.29 is 9.53 Å². The van der Waals surface area contributed by atoms with Gasteiger partial charge in [-0.25, -0.2) is 4.98 Å². The Morgan fingerprint density at radius 1 is 1.35 bits per heavy atom. The highest BCUT2D eigenvalue weighted by Crippen LogP contribution is 2.34. The van der Waals surface area contributed by atoms with Gasteiger partial charge in [0.1, 0.15) is 5.82 Å². The smallest absolute Gasteiger partial charge is 0.269 e. The number of carbonyl (C=O) groups is 1. The Balaban J connectivity index is 2.04. The van der Waals surface area contributed by atoms with Gasteiger partial charge in [0.05, 0.1) is 18.2 Å². The van der Waals surface area contributed by atoms with Gasteiger partial charge in [0, 0.05) is 0 Å². The lowest BCUT2D eigenvalue weighted by Gasteiger charge is -2.33. The number of nitriles is 1. The summed E-state index contributed by atoms with van der Waals surface area (Å²) in [6.07, 6.45) is 0.00107. The number of hydrogen-bond acceptors (Lipinski definition) is 5. The predicted molar refractivity (Wildman–Crippen MR) is 85.7 cm³/mol. The minimum Gasteiger partial charge on any atom is -0.477 e. The highest BCUT2D eigenvalue weighted by molar-refractivity contribution is 5.99. The van der Waals surface area contributed by atoms with E-state index in [1.54, 1.807) is 29.2 Å². The molecule has 0 saturated heterocycles. The second-order valence-corrected chi connectivity index (χ2v) is 5.27. The largest absolute Gasteiger partial charge is 0.477 e. The van der Waals surface area contributed by atoms with E-state index in [4.69, 9.17) is 10.5 Å². The number of nitrogen functional groups attached to an aromatic ring is 1. The monoisotopic (exact) mass is 308 g/mol. The Labute approximate surface area is 134 Å². The van der Waals surface area contributed by atoms with Gasteiger partial charge in [-0.3, -0.25) is 9.69 Å². The lowest BCUT2D eigenvalue weighted by Crippen LogP contribution is -2.45. The number of amides is 1. The van der Waals surface area contributed by atoms with Crippen LogP contribution < -0.4 is 15.4 Å². The summed E-state index contributed by atoms with van der Waals surface area (Å²) < 4.78 is 5.70. The number of carbonyl (C=O) groups excluding carboxylic acids is 1. The Morgan fingerprint density at radius 2 is 2.13 bits per heavy atom. The van der Waals surface area contributed by atoms with Crippen LogP contribution in [0.1, 0.15) is 24.5 Å². The zero-order valence-electron chi connectivity index (χ0n) is 12.7. The maximum atomic E-state index is 12.7. The van der Waals surface area contributed by atoms with Crippen molar-refractivity contribution in [2.75, 3.05) is 10.6 Å². The number of ether oxygens (including phenoxy) is 1. The van der Waals surface area contributed by atoms with Crippen molar-refractivity contribution in [2.24, 2.45) is 0 Å². The number of pyridine rings is 1. The molecule has 3 rings (SSSR count). The minimum absolute atomic E-state index is 0.175. The van der Waals surface area contributed by atoms with E-state index >= 15 is 0 Å². The summed E-state index contributed by atoms with van der Waals surface area (Å²) in [7, 11) is 0. The zero-order valence-corrected chi connectivity index (χ0v) is 12.7. The second-order valence-electron chi connectivity index (χ2n) is 5.27. The van der Waals surface area contributed by atoms with Crippen molar-refractivity contribution in [3.05, 3.63) is 47.5 Å². The Hall–Kier alpha value is -3.07. The first kappa shape index (κ1) is 14.9. The lowest BCUT2D eigenvalue weighted by atomic mass is 10.1. The molecule has 6 heteroatoms. The van der Waals surface area contributed by atoms with Crippen LogP contribution in [0.4, 0.5) is 11.6 Å².